The molecule has 2 atom stereocenters. The number of hydrogen-bond donors (Lipinski definition) is 1. The normalized spacial score (nSPS) is 17.0. The van der Waals surface area contributed by atoms with Gasteiger partial charge in [0.2, 0.25) is 0 Å². The van der Waals surface area contributed by atoms with E-state index in [1.807, 2.05) is 0 Å². The minimum Gasteiger partial charge on any atom is -0.493 e. The molecule has 8 nitrogen and oxygen atoms in total. The first-order chi connectivity index (χ1) is 22.2. The number of fused-ring (bicyclic) bond motifs is 1. The van der Waals surface area contributed by atoms with Crippen LogP contribution in [0, 0.1) is 0 Å². The molecule has 0 aliphatic carbocycles. The molecule has 1 fully saturated rings. The summed E-state index contributed by atoms with van der Waals surface area (Å²) in [6, 6.07) is 12.1. The Labute approximate surface area is 263 Å². The van der Waals surface area contributed by atoms with Gasteiger partial charge in [-0.05, 0) is 49.1 Å². The van der Waals surface area contributed by atoms with Gasteiger partial charge in [0.15, 0.2) is 22.7 Å². The van der Waals surface area contributed by atoms with E-state index in [-0.39, 0.29) is 60.1 Å². The zero-order valence-electron chi connectivity index (χ0n) is 25.0. The van der Waals surface area contributed by atoms with Crippen molar-refractivity contribution >= 4 is 22.8 Å². The molecule has 0 saturated carbocycles. The number of carbonyl (C=O) groups excluding carboxylic acids is 2. The Bertz CT molecular complexity index is 1820. The summed E-state index contributed by atoms with van der Waals surface area (Å²) in [6.45, 7) is -0.0858. The maximum atomic E-state index is 13.6. The fourth-order valence-corrected chi connectivity index (χ4v) is 5.62. The summed E-state index contributed by atoms with van der Waals surface area (Å²) >= 11 is 0. The number of hydrogen-bond acceptors (Lipinski definition) is 6. The molecular formula is C33H28F6N2O6. The second-order valence-corrected chi connectivity index (χ2v) is 11.0. The molecule has 0 bridgehead atoms. The third-order valence-electron chi connectivity index (χ3n) is 7.92. The molecule has 1 aliphatic rings. The molecule has 248 valence electrons. The number of halogens is 6. The second-order valence-electron chi connectivity index (χ2n) is 11.0. The zero-order chi connectivity index (χ0) is 34.1. The maximum Gasteiger partial charge on any atom is 0.416 e. The average molecular weight is 663 g/mol. The SMILES string of the molecule is COc1cc2oc(C(=O)N[C@H]3CCN(C(=O)c4cc(C(F)(F)F)cc(C(F)(F)F)c4)[C@H](Cc4ccccc4)C3)cc(=O)c2cc1OC. The van der Waals surface area contributed by atoms with Crippen LogP contribution in [0.5, 0.6) is 11.5 Å². The molecule has 1 aromatic heterocycles. The Balaban J connectivity index is 1.42. The smallest absolute Gasteiger partial charge is 0.416 e. The van der Waals surface area contributed by atoms with E-state index in [9.17, 15) is 40.7 Å². The van der Waals surface area contributed by atoms with Crippen molar-refractivity contribution in [3.05, 3.63) is 105 Å². The van der Waals surface area contributed by atoms with E-state index in [2.05, 4.69) is 5.32 Å². The van der Waals surface area contributed by atoms with Crippen molar-refractivity contribution in [1.82, 2.24) is 10.2 Å². The van der Waals surface area contributed by atoms with Crippen LogP contribution in [-0.2, 0) is 18.8 Å². The molecule has 1 aliphatic heterocycles. The van der Waals surface area contributed by atoms with Crippen LogP contribution in [-0.4, -0.2) is 49.6 Å². The van der Waals surface area contributed by atoms with E-state index in [1.165, 1.54) is 31.3 Å². The number of alkyl halides is 6. The number of carbonyl (C=O) groups is 2. The van der Waals surface area contributed by atoms with Crippen molar-refractivity contribution in [2.24, 2.45) is 0 Å². The van der Waals surface area contributed by atoms with E-state index in [0.717, 1.165) is 11.6 Å². The highest BCUT2D eigenvalue weighted by molar-refractivity contribution is 5.95. The molecule has 0 radical (unpaired) electrons. The van der Waals surface area contributed by atoms with E-state index >= 15 is 0 Å². The summed E-state index contributed by atoms with van der Waals surface area (Å²) in [6.07, 6.45) is -9.80. The summed E-state index contributed by atoms with van der Waals surface area (Å²) in [5.41, 5.74) is -3.62. The zero-order valence-corrected chi connectivity index (χ0v) is 25.0. The molecule has 0 spiro atoms. The number of rotatable bonds is 7. The van der Waals surface area contributed by atoms with Gasteiger partial charge in [-0.25, -0.2) is 0 Å². The second kappa shape index (κ2) is 13.0. The topological polar surface area (TPSA) is 98.1 Å². The summed E-state index contributed by atoms with van der Waals surface area (Å²) < 4.78 is 97.3. The fraction of sp³-hybridized carbons (Fsp3) is 0.303. The Morgan fingerprint density at radius 2 is 1.51 bits per heavy atom. The number of piperidine rings is 1. The van der Waals surface area contributed by atoms with Gasteiger partial charge < -0.3 is 24.1 Å². The minimum absolute atomic E-state index is 0.0300. The predicted octanol–water partition coefficient (Wildman–Crippen LogP) is 6.49. The summed E-state index contributed by atoms with van der Waals surface area (Å²) in [7, 11) is 2.79. The largest absolute Gasteiger partial charge is 0.493 e. The molecular weight excluding hydrogens is 634 g/mol. The molecule has 2 heterocycles. The first-order valence-electron chi connectivity index (χ1n) is 14.3. The van der Waals surface area contributed by atoms with Gasteiger partial charge in [-0.15, -0.1) is 0 Å². The van der Waals surface area contributed by atoms with E-state index in [1.54, 1.807) is 30.3 Å². The van der Waals surface area contributed by atoms with Crippen molar-refractivity contribution in [2.75, 3.05) is 20.8 Å². The van der Waals surface area contributed by atoms with Gasteiger partial charge in [0.25, 0.3) is 11.8 Å². The van der Waals surface area contributed by atoms with Gasteiger partial charge in [0, 0.05) is 36.3 Å². The summed E-state index contributed by atoms with van der Waals surface area (Å²) in [5, 5.41) is 2.94. The summed E-state index contributed by atoms with van der Waals surface area (Å²) in [4.78, 5) is 40.9. The number of nitrogens with zero attached hydrogens (tertiary/aromatic N) is 1. The molecule has 3 aromatic carbocycles. The highest BCUT2D eigenvalue weighted by atomic mass is 19.4. The van der Waals surface area contributed by atoms with E-state index < -0.39 is 58.4 Å². The first kappa shape index (κ1) is 33.4. The number of methoxy groups -OCH3 is 2. The van der Waals surface area contributed by atoms with Crippen LogP contribution in [0.4, 0.5) is 26.3 Å². The van der Waals surface area contributed by atoms with Gasteiger partial charge in [-0.3, -0.25) is 14.4 Å². The predicted molar refractivity (Wildman–Crippen MR) is 157 cm³/mol. The van der Waals surface area contributed by atoms with Crippen LogP contribution in [0.3, 0.4) is 0 Å². The molecule has 1 saturated heterocycles. The number of amides is 2. The van der Waals surface area contributed by atoms with Crippen LogP contribution < -0.4 is 20.2 Å². The van der Waals surface area contributed by atoms with Crippen LogP contribution in [0.1, 0.15) is 50.4 Å². The van der Waals surface area contributed by atoms with Crippen LogP contribution in [0.15, 0.2) is 75.9 Å². The van der Waals surface area contributed by atoms with E-state index in [4.69, 9.17) is 13.9 Å². The number of likely N-dealkylation sites (tertiary alicyclic amines) is 1. The van der Waals surface area contributed by atoms with Gasteiger partial charge in [-0.1, -0.05) is 30.3 Å². The van der Waals surface area contributed by atoms with Crippen LogP contribution in [0.2, 0.25) is 0 Å². The third-order valence-corrected chi connectivity index (χ3v) is 7.92. The molecule has 2 amide bonds. The van der Waals surface area contributed by atoms with Gasteiger partial charge >= 0.3 is 12.4 Å². The van der Waals surface area contributed by atoms with Crippen molar-refractivity contribution in [2.45, 2.75) is 43.7 Å². The van der Waals surface area contributed by atoms with Gasteiger partial charge in [-0.2, -0.15) is 26.3 Å². The first-order valence-corrected chi connectivity index (χ1v) is 14.3. The van der Waals surface area contributed by atoms with Crippen LogP contribution >= 0.6 is 0 Å². The lowest BCUT2D eigenvalue weighted by molar-refractivity contribution is -0.143. The Hall–Kier alpha value is -5.01. The lowest BCUT2D eigenvalue weighted by Crippen LogP contribution is -2.52. The van der Waals surface area contributed by atoms with E-state index in [0.29, 0.717) is 12.1 Å². The Morgan fingerprint density at radius 3 is 2.11 bits per heavy atom. The molecule has 4 aromatic rings. The number of benzene rings is 3. The van der Waals surface area contributed by atoms with Crippen molar-refractivity contribution in [3.63, 3.8) is 0 Å². The number of nitrogens with one attached hydrogen (secondary N) is 1. The third kappa shape index (κ3) is 7.36. The molecule has 1 N–H and O–H groups in total. The Kier molecular flexibility index (Phi) is 9.23. The highest BCUT2D eigenvalue weighted by Gasteiger charge is 2.39. The molecule has 14 heteroatoms. The average Bonchev–Trinajstić information content (AvgIpc) is 3.03. The maximum absolute atomic E-state index is 13.6. The van der Waals surface area contributed by atoms with Gasteiger partial charge in [0.1, 0.15) is 5.58 Å². The van der Waals surface area contributed by atoms with Crippen molar-refractivity contribution in [1.29, 1.82) is 0 Å². The monoisotopic (exact) mass is 662 g/mol. The van der Waals surface area contributed by atoms with Crippen molar-refractivity contribution < 1.29 is 49.8 Å². The summed E-state index contributed by atoms with van der Waals surface area (Å²) in [5.74, 6) is -1.47. The number of ether oxygens (including phenoxy) is 2. The van der Waals surface area contributed by atoms with Crippen molar-refractivity contribution in [3.8, 4) is 11.5 Å². The quantitative estimate of drug-likeness (QED) is 0.227. The molecule has 47 heavy (non-hydrogen) atoms. The molecule has 0 unspecified atom stereocenters. The van der Waals surface area contributed by atoms with Crippen LogP contribution in [0.25, 0.3) is 11.0 Å². The lowest BCUT2D eigenvalue weighted by atomic mass is 9.91. The fourth-order valence-electron chi connectivity index (χ4n) is 5.62. The minimum atomic E-state index is -5.12. The standard InChI is InChI=1S/C33H28F6N2O6/c1-45-27-15-24-25(42)16-29(47-26(24)17-28(27)46-2)30(43)40-22-8-9-41(23(14-22)10-18-6-4-3-5-7-18)31(44)19-11-20(32(34,35)36)13-21(12-19)33(37,38)39/h3-7,11-13,15-17,22-23H,8-10,14H2,1-2H3,(H,40,43)/t22-,23+/m0/s1. The molecule has 5 rings (SSSR count). The van der Waals surface area contributed by atoms with Gasteiger partial charge in [0.05, 0.1) is 30.7 Å². The highest BCUT2D eigenvalue weighted by Crippen LogP contribution is 2.37. The Morgan fingerprint density at radius 1 is 0.894 bits per heavy atom. The lowest BCUT2D eigenvalue weighted by Gasteiger charge is -2.40.